The largest absolute Gasteiger partial charge is 0.257 e. The topological polar surface area (TPSA) is 12.4 Å². The first-order valence-corrected chi connectivity index (χ1v) is 5.56. The molecule has 1 heterocycles. The molecule has 1 nitrogen and oxygen atoms in total. The fourth-order valence-corrected chi connectivity index (χ4v) is 0.926. The second kappa shape index (κ2) is 12.6. The number of aliphatic imine (C=N–C) groups is 1. The van der Waals surface area contributed by atoms with Gasteiger partial charge in [0.15, 0.2) is 0 Å². The summed E-state index contributed by atoms with van der Waals surface area (Å²) >= 11 is 0. The quantitative estimate of drug-likeness (QED) is 0.620. The van der Waals surface area contributed by atoms with Gasteiger partial charge in [0.1, 0.15) is 0 Å². The van der Waals surface area contributed by atoms with E-state index in [4.69, 9.17) is 0 Å². The van der Waals surface area contributed by atoms with Gasteiger partial charge in [-0.1, -0.05) is 59.1 Å². The summed E-state index contributed by atoms with van der Waals surface area (Å²) in [4.78, 5) is 4.17. The SMILES string of the molecule is C=CC1=CCC=CN=C1C=C.CC.CC. The van der Waals surface area contributed by atoms with E-state index in [1.54, 1.807) is 18.4 Å². The number of nitrogens with zero attached hydrogens (tertiary/aromatic N) is 1. The molecule has 0 spiro atoms. The van der Waals surface area contributed by atoms with E-state index in [0.717, 1.165) is 17.7 Å². The molecule has 0 radical (unpaired) electrons. The van der Waals surface area contributed by atoms with Crippen LogP contribution >= 0.6 is 0 Å². The first-order valence-electron chi connectivity index (χ1n) is 5.56. The number of rotatable bonds is 2. The highest BCUT2D eigenvalue weighted by Gasteiger charge is 1.98. The molecular weight excluding hydrogens is 182 g/mol. The molecule has 0 unspecified atom stereocenters. The summed E-state index contributed by atoms with van der Waals surface area (Å²) in [6.45, 7) is 15.4. The van der Waals surface area contributed by atoms with Gasteiger partial charge in [0, 0.05) is 6.20 Å². The van der Waals surface area contributed by atoms with Crippen LogP contribution in [0.25, 0.3) is 0 Å². The van der Waals surface area contributed by atoms with E-state index >= 15 is 0 Å². The molecule has 1 aliphatic rings. The summed E-state index contributed by atoms with van der Waals surface area (Å²) in [5, 5.41) is 0. The Balaban J connectivity index is 0. The van der Waals surface area contributed by atoms with E-state index in [0.29, 0.717) is 0 Å². The van der Waals surface area contributed by atoms with Crippen molar-refractivity contribution in [2.24, 2.45) is 4.99 Å². The molecule has 0 bridgehead atoms. The summed E-state index contributed by atoms with van der Waals surface area (Å²) in [5.41, 5.74) is 1.96. The van der Waals surface area contributed by atoms with Crippen LogP contribution in [0.2, 0.25) is 0 Å². The molecule has 0 saturated heterocycles. The van der Waals surface area contributed by atoms with Crippen molar-refractivity contribution in [3.05, 3.63) is 49.2 Å². The summed E-state index contributed by atoms with van der Waals surface area (Å²) in [6, 6.07) is 0. The first kappa shape index (κ1) is 16.1. The number of allylic oxidation sites excluding steroid dienone is 5. The molecule has 15 heavy (non-hydrogen) atoms. The van der Waals surface area contributed by atoms with Crippen LogP contribution in [-0.2, 0) is 0 Å². The third-order valence-electron chi connectivity index (χ3n) is 1.50. The summed E-state index contributed by atoms with van der Waals surface area (Å²) in [7, 11) is 0. The summed E-state index contributed by atoms with van der Waals surface area (Å²) < 4.78 is 0. The first-order chi connectivity index (χ1) is 7.38. The maximum Gasteiger partial charge on any atom is 0.0692 e. The molecule has 84 valence electrons. The Morgan fingerprint density at radius 3 is 2.20 bits per heavy atom. The van der Waals surface area contributed by atoms with Gasteiger partial charge >= 0.3 is 0 Å². The zero-order valence-corrected chi connectivity index (χ0v) is 10.5. The predicted molar refractivity (Wildman–Crippen MR) is 72.4 cm³/mol. The third-order valence-corrected chi connectivity index (χ3v) is 1.50. The Bertz CT molecular complexity index is 255. The standard InChI is InChI=1S/C10H11N.2C2H6/c1-3-9-7-5-6-8-11-10(9)4-2;2*1-2/h3-4,6-8H,1-2,5H2;2*1-2H3. The smallest absolute Gasteiger partial charge is 0.0692 e. The monoisotopic (exact) mass is 205 g/mol. The second-order valence-corrected chi connectivity index (χ2v) is 2.20. The van der Waals surface area contributed by atoms with Gasteiger partial charge in [0.25, 0.3) is 0 Å². The second-order valence-electron chi connectivity index (χ2n) is 2.20. The molecule has 0 N–H and O–H groups in total. The predicted octanol–water partition coefficient (Wildman–Crippen LogP) is 4.70. The molecule has 0 aromatic heterocycles. The van der Waals surface area contributed by atoms with Gasteiger partial charge in [-0.3, -0.25) is 4.99 Å². The van der Waals surface area contributed by atoms with Crippen molar-refractivity contribution in [2.75, 3.05) is 0 Å². The third kappa shape index (κ3) is 6.67. The Morgan fingerprint density at radius 2 is 1.73 bits per heavy atom. The molecule has 0 amide bonds. The lowest BCUT2D eigenvalue weighted by Gasteiger charge is -1.96. The molecule has 0 saturated carbocycles. The van der Waals surface area contributed by atoms with Gasteiger partial charge in [-0.15, -0.1) is 0 Å². The molecule has 1 heteroatoms. The maximum atomic E-state index is 4.17. The van der Waals surface area contributed by atoms with Crippen molar-refractivity contribution in [3.63, 3.8) is 0 Å². The van der Waals surface area contributed by atoms with E-state index in [2.05, 4.69) is 24.2 Å². The minimum Gasteiger partial charge on any atom is -0.257 e. The maximum absolute atomic E-state index is 4.17. The minimum absolute atomic E-state index is 0.897. The van der Waals surface area contributed by atoms with Crippen molar-refractivity contribution in [1.82, 2.24) is 0 Å². The summed E-state index contributed by atoms with van der Waals surface area (Å²) in [6.07, 6.45) is 10.3. The normalized spacial score (nSPS) is 12.8. The minimum atomic E-state index is 0.897. The van der Waals surface area contributed by atoms with Crippen LogP contribution in [0.5, 0.6) is 0 Å². The number of hydrogen-bond acceptors (Lipinski definition) is 1. The van der Waals surface area contributed by atoms with Crippen molar-refractivity contribution in [2.45, 2.75) is 34.1 Å². The molecule has 0 aliphatic carbocycles. The van der Waals surface area contributed by atoms with Crippen molar-refractivity contribution in [3.8, 4) is 0 Å². The molecule has 0 fully saturated rings. The Morgan fingerprint density at radius 1 is 1.13 bits per heavy atom. The Kier molecular flexibility index (Phi) is 13.5. The van der Waals surface area contributed by atoms with Crippen LogP contribution < -0.4 is 0 Å². The van der Waals surface area contributed by atoms with Gasteiger partial charge in [0.05, 0.1) is 5.71 Å². The fraction of sp³-hybridized carbons (Fsp3) is 0.357. The highest BCUT2D eigenvalue weighted by Crippen LogP contribution is 2.07. The van der Waals surface area contributed by atoms with Crippen molar-refractivity contribution < 1.29 is 0 Å². The average molecular weight is 205 g/mol. The van der Waals surface area contributed by atoms with Gasteiger partial charge in [-0.25, -0.2) is 0 Å². The highest BCUT2D eigenvalue weighted by atomic mass is 14.7. The van der Waals surface area contributed by atoms with Crippen LogP contribution in [0.4, 0.5) is 0 Å². The van der Waals surface area contributed by atoms with Crippen LogP contribution in [0.3, 0.4) is 0 Å². The lowest BCUT2D eigenvalue weighted by atomic mass is 10.1. The van der Waals surface area contributed by atoms with Gasteiger partial charge in [-0.05, 0) is 18.1 Å². The van der Waals surface area contributed by atoms with E-state index < -0.39 is 0 Å². The van der Waals surface area contributed by atoms with Crippen LogP contribution in [0.15, 0.2) is 54.2 Å². The average Bonchev–Trinajstić information content (AvgIpc) is 2.58. The zero-order chi connectivity index (χ0) is 12.1. The van der Waals surface area contributed by atoms with E-state index in [1.807, 2.05) is 33.8 Å². The summed E-state index contributed by atoms with van der Waals surface area (Å²) in [5.74, 6) is 0. The van der Waals surface area contributed by atoms with Gasteiger partial charge in [0.2, 0.25) is 0 Å². The zero-order valence-electron chi connectivity index (χ0n) is 10.5. The Labute approximate surface area is 94.6 Å². The molecular formula is C14H23N. The Hall–Kier alpha value is -1.37. The molecule has 1 rings (SSSR count). The number of hydrogen-bond donors (Lipinski definition) is 0. The molecule has 0 aromatic rings. The van der Waals surface area contributed by atoms with Gasteiger partial charge < -0.3 is 0 Å². The van der Waals surface area contributed by atoms with E-state index in [-0.39, 0.29) is 0 Å². The van der Waals surface area contributed by atoms with Crippen molar-refractivity contribution in [1.29, 1.82) is 0 Å². The van der Waals surface area contributed by atoms with Crippen LogP contribution in [0.1, 0.15) is 34.1 Å². The van der Waals surface area contributed by atoms with Crippen LogP contribution in [0, 0.1) is 0 Å². The van der Waals surface area contributed by atoms with E-state index in [1.165, 1.54) is 0 Å². The fourth-order valence-electron chi connectivity index (χ4n) is 0.926. The highest BCUT2D eigenvalue weighted by molar-refractivity contribution is 6.10. The van der Waals surface area contributed by atoms with Gasteiger partial charge in [-0.2, -0.15) is 0 Å². The molecule has 1 aliphatic heterocycles. The lowest BCUT2D eigenvalue weighted by Crippen LogP contribution is -1.93. The van der Waals surface area contributed by atoms with Crippen molar-refractivity contribution >= 4 is 5.71 Å². The van der Waals surface area contributed by atoms with Crippen LogP contribution in [-0.4, -0.2) is 5.71 Å². The lowest BCUT2D eigenvalue weighted by molar-refractivity contribution is 1.37. The van der Waals surface area contributed by atoms with E-state index in [9.17, 15) is 0 Å². The molecule has 0 aromatic carbocycles. The molecule has 0 atom stereocenters.